The van der Waals surface area contributed by atoms with E-state index in [1.54, 1.807) is 7.11 Å². The number of rotatable bonds is 9. The average Bonchev–Trinajstić information content (AvgIpc) is 3.43. The van der Waals surface area contributed by atoms with Crippen molar-refractivity contribution in [1.82, 2.24) is 0 Å². The molecule has 2 heterocycles. The molecule has 0 amide bonds. The first-order chi connectivity index (χ1) is 18.7. The van der Waals surface area contributed by atoms with Crippen molar-refractivity contribution >= 4 is 53.2 Å². The summed E-state index contributed by atoms with van der Waals surface area (Å²) in [4.78, 5) is 2.05. The van der Waals surface area contributed by atoms with Gasteiger partial charge in [-0.3, -0.25) is 0 Å². The van der Waals surface area contributed by atoms with Gasteiger partial charge in [0, 0.05) is 0 Å². The van der Waals surface area contributed by atoms with Crippen molar-refractivity contribution in [2.45, 2.75) is 46.6 Å². The third-order valence-corrected chi connectivity index (χ3v) is 10.5. The number of fused-ring (bicyclic) bond motifs is 4. The van der Waals surface area contributed by atoms with Gasteiger partial charge in [-0.2, -0.15) is 0 Å². The van der Waals surface area contributed by atoms with Crippen molar-refractivity contribution < 1.29 is 27.0 Å². The van der Waals surface area contributed by atoms with E-state index in [0.717, 1.165) is 52.9 Å². The first-order valence-electron chi connectivity index (χ1n) is 13.4. The summed E-state index contributed by atoms with van der Waals surface area (Å²) in [7, 11) is -2.30. The van der Waals surface area contributed by atoms with Crippen LogP contribution in [-0.4, -0.2) is 46.9 Å². The molecule has 0 radical (unpaired) electrons. The second-order valence-corrected chi connectivity index (χ2v) is 13.7. The van der Waals surface area contributed by atoms with E-state index in [0.29, 0.717) is 18.3 Å². The van der Waals surface area contributed by atoms with Gasteiger partial charge in [0.15, 0.2) is 0 Å². The summed E-state index contributed by atoms with van der Waals surface area (Å²) in [5.41, 5.74) is 3.48. The second kappa shape index (κ2) is 11.3. The van der Waals surface area contributed by atoms with E-state index in [1.165, 1.54) is 14.7 Å². The fraction of sp³-hybridized carbons (Fsp3) is 0.367. The quantitative estimate of drug-likeness (QED) is 0.203. The van der Waals surface area contributed by atoms with E-state index in [1.807, 2.05) is 29.2 Å². The molecule has 0 saturated heterocycles. The summed E-state index contributed by atoms with van der Waals surface area (Å²) >= 11 is 0.180. The molecule has 0 saturated carbocycles. The molecule has 1 aliphatic heterocycles. The van der Waals surface area contributed by atoms with Crippen molar-refractivity contribution in [2.75, 3.05) is 24.3 Å². The normalized spacial score (nSPS) is 18.2. The summed E-state index contributed by atoms with van der Waals surface area (Å²) < 4.78 is 49.4. The van der Waals surface area contributed by atoms with Crippen molar-refractivity contribution in [3.05, 3.63) is 74.4 Å². The number of anilines is 1. The first kappa shape index (κ1) is 27.7. The van der Waals surface area contributed by atoms with Gasteiger partial charge < -0.3 is 0 Å². The summed E-state index contributed by atoms with van der Waals surface area (Å²) in [6, 6.07) is 12.1. The Balaban J connectivity index is 1.54. The van der Waals surface area contributed by atoms with Crippen LogP contribution in [0.4, 0.5) is 5.69 Å². The summed E-state index contributed by atoms with van der Waals surface area (Å²) in [6.07, 6.45) is 8.68. The average molecular weight is 615 g/mol. The van der Waals surface area contributed by atoms with Crippen molar-refractivity contribution in [2.24, 2.45) is 5.92 Å². The topological polar surface area (TPSA) is 80.0 Å². The third kappa shape index (κ3) is 5.73. The molecule has 1 aliphatic carbocycles. The number of ether oxygens (including phenoxy) is 2. The predicted molar refractivity (Wildman–Crippen MR) is 156 cm³/mol. The van der Waals surface area contributed by atoms with Crippen molar-refractivity contribution in [3.63, 3.8) is 0 Å². The van der Waals surface area contributed by atoms with Gasteiger partial charge in [0.1, 0.15) is 0 Å². The molecule has 39 heavy (non-hydrogen) atoms. The molecule has 9 heteroatoms. The van der Waals surface area contributed by atoms with Crippen LogP contribution in [-0.2, 0) is 27.8 Å². The number of hydrogen-bond donors (Lipinski definition) is 1. The minimum atomic E-state index is -4.05. The van der Waals surface area contributed by atoms with Crippen LogP contribution in [0.15, 0.2) is 59.7 Å². The van der Waals surface area contributed by atoms with Crippen LogP contribution >= 0.6 is 0 Å². The van der Waals surface area contributed by atoms with E-state index < -0.39 is 10.1 Å². The molecule has 206 valence electrons. The van der Waals surface area contributed by atoms with E-state index in [9.17, 15) is 13.0 Å². The molecule has 1 unspecified atom stereocenters. The van der Waals surface area contributed by atoms with Gasteiger partial charge in [0.05, 0.1) is 0 Å². The second-order valence-electron chi connectivity index (χ2n) is 9.93. The first-order valence-corrected chi connectivity index (χ1v) is 16.7. The van der Waals surface area contributed by atoms with Crippen LogP contribution in [0.5, 0.6) is 5.75 Å². The van der Waals surface area contributed by atoms with Gasteiger partial charge in [0.2, 0.25) is 0 Å². The predicted octanol–water partition coefficient (Wildman–Crippen LogP) is 5.20. The molecule has 0 fully saturated rings. The maximum absolute atomic E-state index is 11.4. The standard InChI is InChI=1S/C30H34N2O5SSe/c1-5-21(18-29-31(6-2)24-16-20(3)26(36-4)19-27(24)39-29)17-28-32(14-9-15-38(33,34)35)30-23-11-8-7-10-22(23)12-13-25(30)37-28/h7-8,10-13,17-20H,5-6,9,14-16H2,1-4H3/p+1. The number of benzene rings is 2. The molecule has 3 aromatic rings. The summed E-state index contributed by atoms with van der Waals surface area (Å²) in [5, 5.41) is 2.13. The molecule has 1 atom stereocenters. The Hall–Kier alpha value is -2.84. The van der Waals surface area contributed by atoms with E-state index in [-0.39, 0.29) is 26.7 Å². The van der Waals surface area contributed by atoms with E-state index >= 15 is 0 Å². The van der Waals surface area contributed by atoms with Crippen LogP contribution < -0.4 is 14.2 Å². The molecular formula is C30H35N2O5SSe+. The number of hydrogen-bond acceptors (Lipinski definition) is 5. The molecule has 0 spiro atoms. The van der Waals surface area contributed by atoms with Crippen LogP contribution in [0.2, 0.25) is 0 Å². The van der Waals surface area contributed by atoms with E-state index in [2.05, 4.69) is 55.7 Å². The molecule has 5 rings (SSSR count). The zero-order valence-electron chi connectivity index (χ0n) is 22.8. The zero-order valence-corrected chi connectivity index (χ0v) is 25.3. The Morgan fingerprint density at radius 3 is 2.77 bits per heavy atom. The Morgan fingerprint density at radius 2 is 2.05 bits per heavy atom. The molecule has 1 N–H and O–H groups in total. The van der Waals surface area contributed by atoms with Crippen molar-refractivity contribution in [1.29, 1.82) is 0 Å². The Labute approximate surface area is 236 Å². The third-order valence-electron chi connectivity index (χ3n) is 7.33. The fourth-order valence-corrected chi connectivity index (χ4v) is 8.53. The molecule has 2 aromatic carbocycles. The molecule has 0 bridgehead atoms. The molecule has 2 aliphatic rings. The molecular weight excluding hydrogens is 579 g/mol. The fourth-order valence-electron chi connectivity index (χ4n) is 5.36. The Kier molecular flexibility index (Phi) is 8.06. The Bertz CT molecular complexity index is 1600. The minimum absolute atomic E-state index is 0.180. The van der Waals surface area contributed by atoms with Gasteiger partial charge in [-0.15, -0.1) is 0 Å². The number of methoxy groups -OCH3 is 1. The van der Waals surface area contributed by atoms with Gasteiger partial charge in [-0.25, -0.2) is 0 Å². The van der Waals surface area contributed by atoms with Crippen molar-refractivity contribution in [3.8, 4) is 5.75 Å². The number of nitrogens with zero attached hydrogens (tertiary/aromatic N) is 2. The van der Waals surface area contributed by atoms with Crippen LogP contribution in [0, 0.1) is 5.92 Å². The van der Waals surface area contributed by atoms with Gasteiger partial charge in [-0.05, 0) is 0 Å². The van der Waals surface area contributed by atoms with Gasteiger partial charge in [-0.1, -0.05) is 0 Å². The maximum atomic E-state index is 11.4. The zero-order chi connectivity index (χ0) is 27.7. The number of allylic oxidation sites excluding steroid dienone is 3. The molecule has 1 aromatic heterocycles. The molecule has 7 nitrogen and oxygen atoms in total. The Morgan fingerprint density at radius 1 is 1.26 bits per heavy atom. The summed E-state index contributed by atoms with van der Waals surface area (Å²) in [6.45, 7) is 7.87. The van der Waals surface area contributed by atoms with E-state index in [4.69, 9.17) is 9.47 Å². The van der Waals surface area contributed by atoms with Gasteiger partial charge in [0.25, 0.3) is 0 Å². The van der Waals surface area contributed by atoms with Crippen LogP contribution in [0.1, 0.15) is 48.3 Å². The SMILES string of the molecule is CCC(/C=C1\Oc2ccc3ccccc3c2N1CCCS(=O)(=O)O)=C\c1[se]c2c([n+]1CC)CC(C)C(OC)=C2. The monoisotopic (exact) mass is 615 g/mol. The van der Waals surface area contributed by atoms with Gasteiger partial charge >= 0.3 is 237 Å². The van der Waals surface area contributed by atoms with Crippen LogP contribution in [0.3, 0.4) is 0 Å². The number of aromatic nitrogens is 1. The van der Waals surface area contributed by atoms with Crippen LogP contribution in [0.25, 0.3) is 22.9 Å². The summed E-state index contributed by atoms with van der Waals surface area (Å²) in [5.74, 6) is 2.54.